The zero-order valence-electron chi connectivity index (χ0n) is 10.4. The summed E-state index contributed by atoms with van der Waals surface area (Å²) in [4.78, 5) is 24.5. The number of nitrogens with zero attached hydrogens (tertiary/aromatic N) is 2. The number of terminal acetylenes is 1. The van der Waals surface area contributed by atoms with Crippen LogP contribution in [0.1, 0.15) is 13.2 Å². The van der Waals surface area contributed by atoms with Gasteiger partial charge in [-0.3, -0.25) is 9.78 Å². The monoisotopic (exact) mass is 283 g/mol. The van der Waals surface area contributed by atoms with Crippen LogP contribution in [0.3, 0.4) is 0 Å². The Morgan fingerprint density at radius 2 is 2.30 bits per heavy atom. The lowest BCUT2D eigenvalue weighted by Crippen LogP contribution is -2.49. The van der Waals surface area contributed by atoms with E-state index >= 15 is 0 Å². The molecular weight excluding hydrogens is 270 g/mol. The molecule has 0 spiro atoms. The second-order valence-corrected chi connectivity index (χ2v) is 4.49. The van der Waals surface area contributed by atoms with E-state index < -0.39 is 41.4 Å². The molecule has 1 saturated heterocycles. The number of aromatic amines is 1. The Morgan fingerprint density at radius 1 is 1.65 bits per heavy atom. The summed E-state index contributed by atoms with van der Waals surface area (Å²) in [5, 5.41) is 33.3. The topological polar surface area (TPSA) is 138 Å². The van der Waals surface area contributed by atoms with E-state index in [1.54, 1.807) is 0 Å². The fourth-order valence-corrected chi connectivity index (χ4v) is 2.03. The quantitative estimate of drug-likeness (QED) is 0.423. The fraction of sp³-hybridized carbons (Fsp3) is 0.545. The highest BCUT2D eigenvalue weighted by atomic mass is 16.6. The molecular formula is C11H13N3O6. The molecule has 9 nitrogen and oxygen atoms in total. The largest absolute Gasteiger partial charge is 0.391 e. The van der Waals surface area contributed by atoms with Crippen LogP contribution < -0.4 is 11.2 Å². The SMILES string of the molecule is C#CC1(O)[C@@H](O)[C@@H]([C@@H](C)O)O[C@H]1n1ncc(=O)[nH]c1=O. The van der Waals surface area contributed by atoms with Crippen LogP contribution in [0.4, 0.5) is 0 Å². The van der Waals surface area contributed by atoms with E-state index in [0.717, 1.165) is 6.20 Å². The molecule has 1 fully saturated rings. The van der Waals surface area contributed by atoms with Crippen LogP contribution in [-0.2, 0) is 4.74 Å². The number of rotatable bonds is 2. The van der Waals surface area contributed by atoms with Gasteiger partial charge >= 0.3 is 5.69 Å². The molecule has 9 heteroatoms. The molecule has 0 bridgehead atoms. The first-order valence-electron chi connectivity index (χ1n) is 5.71. The molecule has 1 aliphatic rings. The molecule has 1 aromatic heterocycles. The highest BCUT2D eigenvalue weighted by Crippen LogP contribution is 2.38. The van der Waals surface area contributed by atoms with Gasteiger partial charge in [-0.2, -0.15) is 9.78 Å². The molecule has 0 saturated carbocycles. The predicted molar refractivity (Wildman–Crippen MR) is 64.5 cm³/mol. The number of aliphatic hydroxyl groups excluding tert-OH is 2. The molecule has 1 unspecified atom stereocenters. The number of ether oxygens (including phenoxy) is 1. The summed E-state index contributed by atoms with van der Waals surface area (Å²) < 4.78 is 5.84. The first-order chi connectivity index (χ1) is 9.31. The number of aliphatic hydroxyl groups is 3. The Kier molecular flexibility index (Phi) is 3.49. The van der Waals surface area contributed by atoms with Gasteiger partial charge in [0.1, 0.15) is 18.4 Å². The third-order valence-corrected chi connectivity index (χ3v) is 3.09. The number of H-pyrrole nitrogens is 1. The van der Waals surface area contributed by atoms with Crippen molar-refractivity contribution in [1.82, 2.24) is 14.8 Å². The highest BCUT2D eigenvalue weighted by molar-refractivity contribution is 5.19. The average molecular weight is 283 g/mol. The van der Waals surface area contributed by atoms with E-state index in [0.29, 0.717) is 4.68 Å². The molecule has 0 aliphatic carbocycles. The summed E-state index contributed by atoms with van der Waals surface area (Å²) in [5.74, 6) is 1.94. The van der Waals surface area contributed by atoms with E-state index in [9.17, 15) is 24.9 Å². The molecule has 0 radical (unpaired) electrons. The maximum Gasteiger partial charge on any atom is 0.347 e. The first-order valence-corrected chi connectivity index (χ1v) is 5.71. The van der Waals surface area contributed by atoms with Crippen LogP contribution in [0.2, 0.25) is 0 Å². The summed E-state index contributed by atoms with van der Waals surface area (Å²) in [7, 11) is 0. The highest BCUT2D eigenvalue weighted by Gasteiger charge is 2.57. The Balaban J connectivity index is 2.53. The molecule has 0 amide bonds. The molecule has 2 heterocycles. The van der Waals surface area contributed by atoms with Crippen molar-refractivity contribution < 1.29 is 20.1 Å². The van der Waals surface area contributed by atoms with Crippen LogP contribution in [0.25, 0.3) is 0 Å². The molecule has 20 heavy (non-hydrogen) atoms. The number of hydrogen-bond donors (Lipinski definition) is 4. The van der Waals surface area contributed by atoms with Crippen molar-refractivity contribution in [3.8, 4) is 12.3 Å². The van der Waals surface area contributed by atoms with Crippen molar-refractivity contribution in [3.63, 3.8) is 0 Å². The molecule has 108 valence electrons. The molecule has 5 atom stereocenters. The predicted octanol–water partition coefficient (Wildman–Crippen LogP) is -3.07. The van der Waals surface area contributed by atoms with Crippen molar-refractivity contribution in [3.05, 3.63) is 27.0 Å². The Labute approximate surface area is 112 Å². The summed E-state index contributed by atoms with van der Waals surface area (Å²) in [5.41, 5.74) is -3.97. The van der Waals surface area contributed by atoms with Crippen LogP contribution >= 0.6 is 0 Å². The Morgan fingerprint density at radius 3 is 2.80 bits per heavy atom. The third-order valence-electron chi connectivity index (χ3n) is 3.09. The molecule has 0 aromatic carbocycles. The van der Waals surface area contributed by atoms with Crippen molar-refractivity contribution in [2.24, 2.45) is 0 Å². The third kappa shape index (κ3) is 2.04. The van der Waals surface area contributed by atoms with E-state index in [1.807, 2.05) is 10.9 Å². The van der Waals surface area contributed by atoms with Gasteiger partial charge in [0.15, 0.2) is 6.23 Å². The van der Waals surface area contributed by atoms with Crippen molar-refractivity contribution >= 4 is 0 Å². The van der Waals surface area contributed by atoms with Gasteiger partial charge in [-0.05, 0) is 6.92 Å². The summed E-state index contributed by atoms with van der Waals surface area (Å²) in [6.45, 7) is 1.33. The van der Waals surface area contributed by atoms with Gasteiger partial charge in [-0.25, -0.2) is 4.79 Å². The van der Waals surface area contributed by atoms with Gasteiger partial charge < -0.3 is 20.1 Å². The van der Waals surface area contributed by atoms with Gasteiger partial charge in [0.05, 0.1) is 6.10 Å². The summed E-state index contributed by atoms with van der Waals surface area (Å²) in [6, 6.07) is 0. The zero-order chi connectivity index (χ0) is 15.1. The normalized spacial score (nSPS) is 34.6. The minimum atomic E-state index is -2.27. The van der Waals surface area contributed by atoms with Gasteiger partial charge in [0.2, 0.25) is 5.60 Å². The van der Waals surface area contributed by atoms with Crippen LogP contribution in [0, 0.1) is 12.3 Å². The van der Waals surface area contributed by atoms with Gasteiger partial charge in [-0.1, -0.05) is 5.92 Å². The molecule has 2 rings (SSSR count). The fourth-order valence-electron chi connectivity index (χ4n) is 2.03. The molecule has 1 aliphatic heterocycles. The van der Waals surface area contributed by atoms with E-state index in [-0.39, 0.29) is 0 Å². The zero-order valence-corrected chi connectivity index (χ0v) is 10.4. The average Bonchev–Trinajstić information content (AvgIpc) is 2.64. The number of aromatic nitrogens is 3. The van der Waals surface area contributed by atoms with Gasteiger partial charge in [-0.15, -0.1) is 6.42 Å². The standard InChI is InChI=1S/C11H13N3O6/c1-3-11(19)8(17)7(5(2)15)20-9(11)14-10(18)13-6(16)4-12-14/h1,4-5,7-9,15,17,19H,2H3,(H,13,16,18)/t5-,7-,8+,9-,11?/m1/s1. The van der Waals surface area contributed by atoms with E-state index in [2.05, 4.69) is 5.10 Å². The van der Waals surface area contributed by atoms with Crippen LogP contribution in [0.5, 0.6) is 0 Å². The van der Waals surface area contributed by atoms with Crippen molar-refractivity contribution in [1.29, 1.82) is 0 Å². The smallest absolute Gasteiger partial charge is 0.347 e. The van der Waals surface area contributed by atoms with Crippen molar-refractivity contribution in [2.75, 3.05) is 0 Å². The maximum absolute atomic E-state index is 11.7. The Hall–Kier alpha value is -1.99. The van der Waals surface area contributed by atoms with E-state index in [1.165, 1.54) is 6.92 Å². The second-order valence-electron chi connectivity index (χ2n) is 4.49. The minimum Gasteiger partial charge on any atom is -0.391 e. The molecule has 4 N–H and O–H groups in total. The number of hydrogen-bond acceptors (Lipinski definition) is 7. The lowest BCUT2D eigenvalue weighted by atomic mass is 9.93. The van der Waals surface area contributed by atoms with Crippen LogP contribution in [0.15, 0.2) is 15.8 Å². The molecule has 1 aromatic rings. The van der Waals surface area contributed by atoms with Crippen molar-refractivity contribution in [2.45, 2.75) is 37.1 Å². The summed E-state index contributed by atoms with van der Waals surface area (Å²) in [6.07, 6.45) is 0.473. The number of nitrogens with one attached hydrogen (secondary N) is 1. The lowest BCUT2D eigenvalue weighted by Gasteiger charge is -2.25. The minimum absolute atomic E-state index is 0.604. The van der Waals surface area contributed by atoms with Gasteiger partial charge in [0, 0.05) is 0 Å². The Bertz CT molecular complexity index is 659. The second kappa shape index (κ2) is 4.84. The van der Waals surface area contributed by atoms with Crippen LogP contribution in [-0.4, -0.2) is 54.0 Å². The van der Waals surface area contributed by atoms with E-state index in [4.69, 9.17) is 11.2 Å². The maximum atomic E-state index is 11.7. The summed E-state index contributed by atoms with van der Waals surface area (Å²) >= 11 is 0. The first kappa shape index (κ1) is 14.4. The van der Waals surface area contributed by atoms with Gasteiger partial charge in [0.25, 0.3) is 5.56 Å². The lowest BCUT2D eigenvalue weighted by molar-refractivity contribution is -0.0947.